The minimum absolute atomic E-state index is 0.0982. The molecule has 1 saturated carbocycles. The van der Waals surface area contributed by atoms with Crippen LogP contribution in [-0.2, 0) is 20.9 Å². The van der Waals surface area contributed by atoms with E-state index in [4.69, 9.17) is 14.2 Å². The monoisotopic (exact) mass is 515 g/mol. The molecule has 1 fully saturated rings. The highest BCUT2D eigenvalue weighted by molar-refractivity contribution is 5.72. The van der Waals surface area contributed by atoms with Gasteiger partial charge >= 0.3 is 12.1 Å². The summed E-state index contributed by atoms with van der Waals surface area (Å²) in [6.07, 6.45) is 5.82. The summed E-state index contributed by atoms with van der Waals surface area (Å²) >= 11 is 0. The minimum atomic E-state index is -0.465. The van der Waals surface area contributed by atoms with Crippen LogP contribution in [0.15, 0.2) is 24.4 Å². The van der Waals surface area contributed by atoms with Gasteiger partial charge in [0.15, 0.2) is 11.6 Å². The van der Waals surface area contributed by atoms with Crippen molar-refractivity contribution < 1.29 is 28.2 Å². The van der Waals surface area contributed by atoms with E-state index in [1.54, 1.807) is 19.3 Å². The van der Waals surface area contributed by atoms with Gasteiger partial charge in [-0.05, 0) is 71.1 Å². The summed E-state index contributed by atoms with van der Waals surface area (Å²) in [4.78, 5) is 35.2. The van der Waals surface area contributed by atoms with E-state index in [0.29, 0.717) is 41.4 Å². The maximum absolute atomic E-state index is 14.0. The van der Waals surface area contributed by atoms with Crippen LogP contribution in [0.1, 0.15) is 70.6 Å². The van der Waals surface area contributed by atoms with Gasteiger partial charge in [0.1, 0.15) is 12.4 Å². The Morgan fingerprint density at radius 1 is 1.24 bits per heavy atom. The number of hydrogen-bond donors (Lipinski definition) is 0. The standard InChI is InChI=1S/C28H38FN3O5/c1-6-7-13-32(5)28(34)35-17-21-14-22(29)11-12-24(21)26-30-16-25(19(4)31-26)37-23-10-8-9-20(15-23)27(33)36-18(2)3/h11-12,14,16,18,20,23H,6-10,13,15,17H2,1-5H3/t20-,23-/m0/s1. The lowest BCUT2D eigenvalue weighted by molar-refractivity contribution is -0.154. The van der Waals surface area contributed by atoms with Crippen molar-refractivity contribution in [2.75, 3.05) is 13.6 Å². The van der Waals surface area contributed by atoms with Crippen molar-refractivity contribution in [3.8, 4) is 17.1 Å². The molecule has 0 spiro atoms. The number of ether oxygens (including phenoxy) is 3. The number of benzene rings is 1. The molecule has 0 N–H and O–H groups in total. The molecule has 3 rings (SSSR count). The van der Waals surface area contributed by atoms with Crippen molar-refractivity contribution in [1.29, 1.82) is 0 Å². The minimum Gasteiger partial charge on any atom is -0.487 e. The van der Waals surface area contributed by atoms with E-state index in [2.05, 4.69) is 9.97 Å². The number of carbonyl (C=O) groups excluding carboxylic acids is 2. The highest BCUT2D eigenvalue weighted by Gasteiger charge is 2.30. The van der Waals surface area contributed by atoms with Crippen LogP contribution in [0.3, 0.4) is 0 Å². The fourth-order valence-electron chi connectivity index (χ4n) is 4.31. The molecular weight excluding hydrogens is 477 g/mol. The SMILES string of the molecule is CCCCN(C)C(=O)OCc1cc(F)ccc1-c1ncc(O[C@H]2CCC[C@H](C(=O)OC(C)C)C2)c(C)n1. The summed E-state index contributed by atoms with van der Waals surface area (Å²) in [6, 6.07) is 4.24. The van der Waals surface area contributed by atoms with Gasteiger partial charge in [-0.15, -0.1) is 0 Å². The van der Waals surface area contributed by atoms with E-state index < -0.39 is 11.9 Å². The average Bonchev–Trinajstić information content (AvgIpc) is 2.87. The zero-order chi connectivity index (χ0) is 26.9. The lowest BCUT2D eigenvalue weighted by Crippen LogP contribution is -2.32. The molecule has 202 valence electrons. The average molecular weight is 516 g/mol. The summed E-state index contributed by atoms with van der Waals surface area (Å²) in [5, 5.41) is 0. The van der Waals surface area contributed by atoms with Gasteiger partial charge in [0.2, 0.25) is 0 Å². The summed E-state index contributed by atoms with van der Waals surface area (Å²) in [5.74, 6) is 0.144. The quantitative estimate of drug-likeness (QED) is 0.367. The van der Waals surface area contributed by atoms with Crippen LogP contribution in [0.4, 0.5) is 9.18 Å². The van der Waals surface area contributed by atoms with Crippen LogP contribution in [0, 0.1) is 18.7 Å². The molecule has 2 aromatic rings. The van der Waals surface area contributed by atoms with Crippen LogP contribution >= 0.6 is 0 Å². The molecule has 0 bridgehead atoms. The van der Waals surface area contributed by atoms with Gasteiger partial charge in [0, 0.05) is 24.7 Å². The third-order valence-corrected chi connectivity index (χ3v) is 6.36. The van der Waals surface area contributed by atoms with E-state index in [1.165, 1.54) is 17.0 Å². The number of rotatable bonds is 10. The summed E-state index contributed by atoms with van der Waals surface area (Å²) in [7, 11) is 1.68. The first-order valence-electron chi connectivity index (χ1n) is 13.0. The molecule has 0 aliphatic heterocycles. The zero-order valence-electron chi connectivity index (χ0n) is 22.5. The Kier molecular flexibility index (Phi) is 10.2. The number of carbonyl (C=O) groups is 2. The van der Waals surface area contributed by atoms with E-state index >= 15 is 0 Å². The fraction of sp³-hybridized carbons (Fsp3) is 0.571. The Morgan fingerprint density at radius 2 is 2.03 bits per heavy atom. The second kappa shape index (κ2) is 13.4. The third kappa shape index (κ3) is 8.13. The van der Waals surface area contributed by atoms with Gasteiger partial charge in [-0.1, -0.05) is 13.3 Å². The predicted octanol–water partition coefficient (Wildman–Crippen LogP) is 5.85. The van der Waals surface area contributed by atoms with Gasteiger partial charge in [0.05, 0.1) is 30.0 Å². The Labute approximate surface area is 218 Å². The summed E-state index contributed by atoms with van der Waals surface area (Å²) in [6.45, 7) is 8.06. The Balaban J connectivity index is 1.69. The van der Waals surface area contributed by atoms with E-state index in [-0.39, 0.29) is 30.7 Å². The van der Waals surface area contributed by atoms with Gasteiger partial charge in [-0.25, -0.2) is 19.2 Å². The molecule has 37 heavy (non-hydrogen) atoms. The molecule has 9 heteroatoms. The lowest BCUT2D eigenvalue weighted by atomic mass is 9.87. The highest BCUT2D eigenvalue weighted by Crippen LogP contribution is 2.31. The first kappa shape index (κ1) is 28.3. The molecule has 0 unspecified atom stereocenters. The first-order valence-corrected chi connectivity index (χ1v) is 13.0. The topological polar surface area (TPSA) is 90.9 Å². The van der Waals surface area contributed by atoms with Crippen LogP contribution < -0.4 is 4.74 Å². The van der Waals surface area contributed by atoms with Gasteiger partial charge in [0.25, 0.3) is 0 Å². The second-order valence-electron chi connectivity index (χ2n) is 9.86. The van der Waals surface area contributed by atoms with Crippen molar-refractivity contribution in [1.82, 2.24) is 14.9 Å². The second-order valence-corrected chi connectivity index (χ2v) is 9.86. The number of nitrogens with zero attached hydrogens (tertiary/aromatic N) is 3. The molecule has 1 aliphatic carbocycles. The fourth-order valence-corrected chi connectivity index (χ4v) is 4.31. The van der Waals surface area contributed by atoms with E-state index in [9.17, 15) is 14.0 Å². The Hall–Kier alpha value is -3.23. The maximum atomic E-state index is 14.0. The van der Waals surface area contributed by atoms with E-state index in [0.717, 1.165) is 32.1 Å². The molecule has 0 radical (unpaired) electrons. The largest absolute Gasteiger partial charge is 0.487 e. The van der Waals surface area contributed by atoms with Gasteiger partial charge in [-0.3, -0.25) is 4.79 Å². The molecule has 1 heterocycles. The number of hydrogen-bond acceptors (Lipinski definition) is 7. The van der Waals surface area contributed by atoms with Gasteiger partial charge in [-0.2, -0.15) is 0 Å². The molecule has 1 aromatic carbocycles. The van der Waals surface area contributed by atoms with Crippen LogP contribution in [-0.4, -0.2) is 52.7 Å². The number of amides is 1. The number of aryl methyl sites for hydroxylation is 1. The number of esters is 1. The van der Waals surface area contributed by atoms with Crippen molar-refractivity contribution in [2.45, 2.75) is 85.0 Å². The zero-order valence-corrected chi connectivity index (χ0v) is 22.5. The van der Waals surface area contributed by atoms with Crippen molar-refractivity contribution >= 4 is 12.1 Å². The number of halogens is 1. The normalized spacial score (nSPS) is 17.4. The molecule has 1 amide bonds. The maximum Gasteiger partial charge on any atom is 0.409 e. The summed E-state index contributed by atoms with van der Waals surface area (Å²) in [5.41, 5.74) is 1.68. The van der Waals surface area contributed by atoms with Crippen molar-refractivity contribution in [3.63, 3.8) is 0 Å². The van der Waals surface area contributed by atoms with Crippen LogP contribution in [0.5, 0.6) is 5.75 Å². The third-order valence-electron chi connectivity index (χ3n) is 6.36. The molecule has 0 saturated heterocycles. The molecule has 1 aromatic heterocycles. The number of unbranched alkanes of at least 4 members (excludes halogenated alkanes) is 1. The van der Waals surface area contributed by atoms with Crippen LogP contribution in [0.25, 0.3) is 11.4 Å². The molecule has 2 atom stereocenters. The first-order chi connectivity index (χ1) is 17.7. The molecule has 8 nitrogen and oxygen atoms in total. The lowest BCUT2D eigenvalue weighted by Gasteiger charge is -2.29. The van der Waals surface area contributed by atoms with E-state index in [1.807, 2.05) is 27.7 Å². The Morgan fingerprint density at radius 3 is 2.73 bits per heavy atom. The van der Waals surface area contributed by atoms with Crippen LogP contribution in [0.2, 0.25) is 0 Å². The van der Waals surface area contributed by atoms with Crippen molar-refractivity contribution in [3.05, 3.63) is 41.5 Å². The van der Waals surface area contributed by atoms with Crippen molar-refractivity contribution in [2.24, 2.45) is 5.92 Å². The highest BCUT2D eigenvalue weighted by atomic mass is 19.1. The predicted molar refractivity (Wildman–Crippen MR) is 137 cm³/mol. The van der Waals surface area contributed by atoms with Gasteiger partial charge < -0.3 is 19.1 Å². The molecule has 1 aliphatic rings. The summed E-state index contributed by atoms with van der Waals surface area (Å²) < 4.78 is 31.0. The number of aromatic nitrogens is 2. The Bertz CT molecular complexity index is 1080. The smallest absolute Gasteiger partial charge is 0.409 e. The molecular formula is C28H38FN3O5.